The molecule has 0 spiro atoms. The van der Waals surface area contributed by atoms with E-state index in [1.165, 1.54) is 5.56 Å². The average molecular weight is 313 g/mol. The minimum atomic E-state index is 0.769. The Morgan fingerprint density at radius 2 is 1.95 bits per heavy atom. The molecule has 0 N–H and O–H groups in total. The maximum atomic E-state index is 5.43. The van der Waals surface area contributed by atoms with Gasteiger partial charge in [-0.2, -0.15) is 0 Å². The molecular weight excluding hydrogens is 294 g/mol. The summed E-state index contributed by atoms with van der Waals surface area (Å²) in [6.07, 6.45) is 3.89. The molecule has 0 aliphatic heterocycles. The second kappa shape index (κ2) is 7.31. The second-order valence-electron chi connectivity index (χ2n) is 4.97. The Morgan fingerprint density at radius 1 is 1.09 bits per heavy atom. The zero-order valence-corrected chi connectivity index (χ0v) is 13.4. The number of hydrogen-bond acceptors (Lipinski definition) is 4. The number of aromatic nitrogens is 3. The van der Waals surface area contributed by atoms with Crippen LogP contribution in [-0.2, 0) is 13.0 Å². The van der Waals surface area contributed by atoms with E-state index in [0.717, 1.165) is 41.9 Å². The van der Waals surface area contributed by atoms with Gasteiger partial charge in [0.15, 0.2) is 16.7 Å². The summed E-state index contributed by atoms with van der Waals surface area (Å²) in [7, 11) is 0. The van der Waals surface area contributed by atoms with Crippen LogP contribution in [0.2, 0.25) is 0 Å². The first-order valence-electron chi connectivity index (χ1n) is 7.52. The highest BCUT2D eigenvalue weighted by Gasteiger charge is 2.14. The molecule has 114 valence electrons. The molecule has 2 heterocycles. The van der Waals surface area contributed by atoms with E-state index in [1.807, 2.05) is 12.1 Å². The van der Waals surface area contributed by atoms with Crippen molar-refractivity contribution in [3.63, 3.8) is 0 Å². The fraction of sp³-hybridized carbons (Fsp3) is 0.294. The van der Waals surface area contributed by atoms with Crippen LogP contribution in [0.1, 0.15) is 18.9 Å². The van der Waals surface area contributed by atoms with Crippen molar-refractivity contribution in [1.82, 2.24) is 14.8 Å². The molecule has 0 aliphatic carbocycles. The third-order valence-corrected chi connectivity index (χ3v) is 4.51. The van der Waals surface area contributed by atoms with Crippen molar-refractivity contribution in [2.24, 2.45) is 0 Å². The minimum Gasteiger partial charge on any atom is -0.461 e. The Hall–Kier alpha value is -2.01. The van der Waals surface area contributed by atoms with E-state index in [0.29, 0.717) is 0 Å². The summed E-state index contributed by atoms with van der Waals surface area (Å²) < 4.78 is 7.53. The van der Waals surface area contributed by atoms with Crippen LogP contribution < -0.4 is 0 Å². The molecule has 3 aromatic rings. The molecule has 0 saturated carbocycles. The van der Waals surface area contributed by atoms with E-state index >= 15 is 0 Å². The van der Waals surface area contributed by atoms with Crippen molar-refractivity contribution < 1.29 is 4.42 Å². The first-order chi connectivity index (χ1) is 10.9. The van der Waals surface area contributed by atoms with Gasteiger partial charge >= 0.3 is 0 Å². The predicted octanol–water partition coefficient (Wildman–Crippen LogP) is 4.28. The first kappa shape index (κ1) is 14.9. The van der Waals surface area contributed by atoms with Gasteiger partial charge < -0.3 is 4.42 Å². The Morgan fingerprint density at radius 3 is 2.68 bits per heavy atom. The maximum Gasteiger partial charge on any atom is 0.200 e. The SMILES string of the molecule is CCn1c(SCCCc2ccccc2)nnc1-c1ccco1. The molecule has 0 saturated heterocycles. The molecule has 22 heavy (non-hydrogen) atoms. The lowest BCUT2D eigenvalue weighted by molar-refractivity contribution is 0.567. The zero-order chi connectivity index (χ0) is 15.2. The normalized spacial score (nSPS) is 11.0. The van der Waals surface area contributed by atoms with Gasteiger partial charge in [0.25, 0.3) is 0 Å². The maximum absolute atomic E-state index is 5.43. The fourth-order valence-corrected chi connectivity index (χ4v) is 3.29. The van der Waals surface area contributed by atoms with Crippen molar-refractivity contribution >= 4 is 11.8 Å². The first-order valence-corrected chi connectivity index (χ1v) is 8.51. The van der Waals surface area contributed by atoms with Crippen LogP contribution in [0.5, 0.6) is 0 Å². The summed E-state index contributed by atoms with van der Waals surface area (Å²) in [6, 6.07) is 14.4. The summed E-state index contributed by atoms with van der Waals surface area (Å²) in [4.78, 5) is 0. The van der Waals surface area contributed by atoms with E-state index in [1.54, 1.807) is 18.0 Å². The lowest BCUT2D eigenvalue weighted by Gasteiger charge is -2.05. The summed E-state index contributed by atoms with van der Waals surface area (Å²) in [5.41, 5.74) is 1.39. The molecule has 3 rings (SSSR count). The molecule has 0 amide bonds. The lowest BCUT2D eigenvalue weighted by atomic mass is 10.1. The highest BCUT2D eigenvalue weighted by atomic mass is 32.2. The van der Waals surface area contributed by atoms with Crippen molar-refractivity contribution in [1.29, 1.82) is 0 Å². The molecule has 0 bridgehead atoms. The molecule has 2 aromatic heterocycles. The molecule has 0 aliphatic rings. The lowest BCUT2D eigenvalue weighted by Crippen LogP contribution is -1.99. The predicted molar refractivity (Wildman–Crippen MR) is 88.9 cm³/mol. The molecule has 0 unspecified atom stereocenters. The monoisotopic (exact) mass is 313 g/mol. The second-order valence-corrected chi connectivity index (χ2v) is 6.03. The van der Waals surface area contributed by atoms with Crippen molar-refractivity contribution in [3.8, 4) is 11.6 Å². The Labute approximate surface area is 134 Å². The van der Waals surface area contributed by atoms with Crippen molar-refractivity contribution in [2.75, 3.05) is 5.75 Å². The van der Waals surface area contributed by atoms with Crippen LogP contribution in [0, 0.1) is 0 Å². The zero-order valence-electron chi connectivity index (χ0n) is 12.6. The number of nitrogens with zero attached hydrogens (tertiary/aromatic N) is 3. The summed E-state index contributed by atoms with van der Waals surface area (Å²) in [6.45, 7) is 2.94. The largest absolute Gasteiger partial charge is 0.461 e. The van der Waals surface area contributed by atoms with E-state index in [2.05, 4.69) is 52.0 Å². The van der Waals surface area contributed by atoms with Gasteiger partial charge in [0, 0.05) is 12.3 Å². The van der Waals surface area contributed by atoms with Gasteiger partial charge in [0.2, 0.25) is 0 Å². The van der Waals surface area contributed by atoms with Crippen molar-refractivity contribution in [2.45, 2.75) is 31.5 Å². The smallest absolute Gasteiger partial charge is 0.200 e. The van der Waals surface area contributed by atoms with Crippen molar-refractivity contribution in [3.05, 3.63) is 54.3 Å². The van der Waals surface area contributed by atoms with Gasteiger partial charge in [-0.3, -0.25) is 4.57 Å². The van der Waals surface area contributed by atoms with E-state index in [-0.39, 0.29) is 0 Å². The van der Waals surface area contributed by atoms with Gasteiger partial charge in [-0.15, -0.1) is 10.2 Å². The summed E-state index contributed by atoms with van der Waals surface area (Å²) in [5, 5.41) is 9.53. The summed E-state index contributed by atoms with van der Waals surface area (Å²) in [5.74, 6) is 2.61. The number of thioether (sulfide) groups is 1. The number of furan rings is 1. The molecule has 0 fully saturated rings. The third-order valence-electron chi connectivity index (χ3n) is 3.46. The van der Waals surface area contributed by atoms with Crippen LogP contribution in [-0.4, -0.2) is 20.5 Å². The van der Waals surface area contributed by atoms with E-state index < -0.39 is 0 Å². The van der Waals surface area contributed by atoms with Gasteiger partial charge in [0.05, 0.1) is 6.26 Å². The highest BCUT2D eigenvalue weighted by Crippen LogP contribution is 2.24. The Kier molecular flexibility index (Phi) is 4.96. The highest BCUT2D eigenvalue weighted by molar-refractivity contribution is 7.99. The van der Waals surface area contributed by atoms with Crippen LogP contribution in [0.4, 0.5) is 0 Å². The van der Waals surface area contributed by atoms with E-state index in [4.69, 9.17) is 4.42 Å². The Bertz CT molecular complexity index is 692. The van der Waals surface area contributed by atoms with Gasteiger partial charge in [-0.1, -0.05) is 42.1 Å². The van der Waals surface area contributed by atoms with Gasteiger partial charge in [-0.25, -0.2) is 0 Å². The topological polar surface area (TPSA) is 43.9 Å². The summed E-state index contributed by atoms with van der Waals surface area (Å²) >= 11 is 1.76. The number of rotatable bonds is 7. The quantitative estimate of drug-likeness (QED) is 0.482. The molecule has 1 aromatic carbocycles. The number of hydrogen-bond donors (Lipinski definition) is 0. The molecule has 4 nitrogen and oxygen atoms in total. The van der Waals surface area contributed by atoms with Crippen LogP contribution in [0.15, 0.2) is 58.3 Å². The standard InChI is InChI=1S/C17H19N3OS/c1-2-20-16(15-11-6-12-21-15)18-19-17(20)22-13-7-10-14-8-4-3-5-9-14/h3-6,8-9,11-12H,2,7,10,13H2,1H3. The Balaban J connectivity index is 1.59. The van der Waals surface area contributed by atoms with Crippen LogP contribution in [0.3, 0.4) is 0 Å². The minimum absolute atomic E-state index is 0.769. The number of benzene rings is 1. The molecule has 0 atom stereocenters. The van der Waals surface area contributed by atoms with Crippen LogP contribution >= 0.6 is 11.8 Å². The number of aryl methyl sites for hydroxylation is 1. The van der Waals surface area contributed by atoms with Gasteiger partial charge in [-0.05, 0) is 37.5 Å². The van der Waals surface area contributed by atoms with Gasteiger partial charge in [0.1, 0.15) is 0 Å². The molecular formula is C17H19N3OS. The molecule has 5 heteroatoms. The average Bonchev–Trinajstić information content (AvgIpc) is 3.21. The fourth-order valence-electron chi connectivity index (χ4n) is 2.35. The van der Waals surface area contributed by atoms with Crippen LogP contribution in [0.25, 0.3) is 11.6 Å². The molecule has 0 radical (unpaired) electrons. The third kappa shape index (κ3) is 3.42. The van der Waals surface area contributed by atoms with E-state index in [9.17, 15) is 0 Å².